The van der Waals surface area contributed by atoms with Crippen molar-refractivity contribution in [1.29, 1.82) is 0 Å². The van der Waals surface area contributed by atoms with Gasteiger partial charge < -0.3 is 10.3 Å². The Balaban J connectivity index is 1.45. The van der Waals surface area contributed by atoms with E-state index >= 15 is 0 Å². The van der Waals surface area contributed by atoms with Crippen LogP contribution in [0.25, 0.3) is 22.0 Å². The molecule has 0 saturated heterocycles. The highest BCUT2D eigenvalue weighted by molar-refractivity contribution is 6.42. The number of aromatic amines is 1. The molecule has 146 valence electrons. The summed E-state index contributed by atoms with van der Waals surface area (Å²) < 4.78 is 0. The monoisotopic (exact) mass is 422 g/mol. The van der Waals surface area contributed by atoms with Crippen molar-refractivity contribution in [3.05, 3.63) is 93.6 Å². The zero-order valence-corrected chi connectivity index (χ0v) is 17.4. The van der Waals surface area contributed by atoms with E-state index in [2.05, 4.69) is 29.4 Å². The number of nitrogens with one attached hydrogen (secondary N) is 2. The van der Waals surface area contributed by atoms with E-state index in [1.807, 2.05) is 54.7 Å². The fraction of sp³-hybridized carbons (Fsp3) is 0.125. The van der Waals surface area contributed by atoms with Crippen LogP contribution in [-0.2, 0) is 6.42 Å². The number of hydrogen-bond acceptors (Lipinski definition) is 1. The molecule has 4 rings (SSSR count). The number of rotatable bonds is 5. The lowest BCUT2D eigenvalue weighted by molar-refractivity contribution is 0.0954. The molecule has 0 radical (unpaired) electrons. The van der Waals surface area contributed by atoms with Gasteiger partial charge in [-0.25, -0.2) is 0 Å². The zero-order valence-electron chi connectivity index (χ0n) is 15.9. The standard InChI is InChI=1S/C24H20Cl2N2O/c1-15-5-2-3-8-19(15)16-6-4-7-17(11-16)24(29)27-10-9-18-14-28-23-13-22(26)21(25)12-20(18)23/h2-8,11-14,28H,9-10H2,1H3,(H,27,29). The molecule has 0 fully saturated rings. The molecule has 3 nitrogen and oxygen atoms in total. The van der Waals surface area contributed by atoms with Crippen molar-refractivity contribution < 1.29 is 4.79 Å². The summed E-state index contributed by atoms with van der Waals surface area (Å²) in [5.41, 5.74) is 6.04. The summed E-state index contributed by atoms with van der Waals surface area (Å²) in [4.78, 5) is 15.8. The van der Waals surface area contributed by atoms with Crippen LogP contribution in [0.4, 0.5) is 0 Å². The predicted octanol–water partition coefficient (Wildman–Crippen LogP) is 6.42. The Bertz CT molecular complexity index is 1200. The van der Waals surface area contributed by atoms with Crippen LogP contribution in [0.3, 0.4) is 0 Å². The Morgan fingerprint density at radius 2 is 1.79 bits per heavy atom. The quantitative estimate of drug-likeness (QED) is 0.382. The summed E-state index contributed by atoms with van der Waals surface area (Å²) in [5.74, 6) is -0.0821. The van der Waals surface area contributed by atoms with Crippen LogP contribution in [0.2, 0.25) is 10.0 Å². The van der Waals surface area contributed by atoms with Crippen LogP contribution in [0.1, 0.15) is 21.5 Å². The molecule has 2 N–H and O–H groups in total. The van der Waals surface area contributed by atoms with Gasteiger partial charge in [0.15, 0.2) is 0 Å². The van der Waals surface area contributed by atoms with Crippen LogP contribution >= 0.6 is 23.2 Å². The highest BCUT2D eigenvalue weighted by Gasteiger charge is 2.10. The lowest BCUT2D eigenvalue weighted by Crippen LogP contribution is -2.25. The molecule has 0 bridgehead atoms. The maximum atomic E-state index is 12.6. The van der Waals surface area contributed by atoms with E-state index in [0.29, 0.717) is 28.6 Å². The van der Waals surface area contributed by atoms with Gasteiger partial charge in [0.1, 0.15) is 0 Å². The molecule has 3 aromatic carbocycles. The molecule has 5 heteroatoms. The molecule has 1 heterocycles. The molecular weight excluding hydrogens is 403 g/mol. The SMILES string of the molecule is Cc1ccccc1-c1cccc(C(=O)NCCc2c[nH]c3cc(Cl)c(Cl)cc23)c1. The first-order valence-corrected chi connectivity index (χ1v) is 10.2. The van der Waals surface area contributed by atoms with Gasteiger partial charge in [-0.1, -0.05) is 59.6 Å². The van der Waals surface area contributed by atoms with Crippen molar-refractivity contribution in [2.45, 2.75) is 13.3 Å². The van der Waals surface area contributed by atoms with Crippen molar-refractivity contribution in [1.82, 2.24) is 10.3 Å². The largest absolute Gasteiger partial charge is 0.361 e. The second-order valence-corrected chi connectivity index (χ2v) is 7.84. The van der Waals surface area contributed by atoms with E-state index in [0.717, 1.165) is 27.6 Å². The van der Waals surface area contributed by atoms with E-state index in [4.69, 9.17) is 23.2 Å². The van der Waals surface area contributed by atoms with Crippen LogP contribution < -0.4 is 5.32 Å². The minimum atomic E-state index is -0.0821. The molecule has 4 aromatic rings. The van der Waals surface area contributed by atoms with Crippen molar-refractivity contribution in [3.63, 3.8) is 0 Å². The van der Waals surface area contributed by atoms with Crippen LogP contribution in [0.15, 0.2) is 66.9 Å². The minimum absolute atomic E-state index is 0.0821. The number of hydrogen-bond donors (Lipinski definition) is 2. The van der Waals surface area contributed by atoms with Gasteiger partial charge in [0, 0.05) is 29.2 Å². The van der Waals surface area contributed by atoms with Gasteiger partial charge in [-0.3, -0.25) is 4.79 Å². The first kappa shape index (κ1) is 19.6. The number of carbonyl (C=O) groups excluding carboxylic acids is 1. The summed E-state index contributed by atoms with van der Waals surface area (Å²) in [6, 6.07) is 19.6. The number of aryl methyl sites for hydroxylation is 1. The number of amides is 1. The second-order valence-electron chi connectivity index (χ2n) is 7.03. The Labute approximate surface area is 179 Å². The summed E-state index contributed by atoms with van der Waals surface area (Å²) in [7, 11) is 0. The van der Waals surface area contributed by atoms with E-state index in [-0.39, 0.29) is 5.91 Å². The van der Waals surface area contributed by atoms with Crippen LogP contribution in [0.5, 0.6) is 0 Å². The van der Waals surface area contributed by atoms with Crippen molar-refractivity contribution >= 4 is 40.0 Å². The van der Waals surface area contributed by atoms with Gasteiger partial charge in [0.25, 0.3) is 5.91 Å². The van der Waals surface area contributed by atoms with Crippen molar-refractivity contribution in [2.24, 2.45) is 0 Å². The number of halogens is 2. The Morgan fingerprint density at radius 3 is 2.62 bits per heavy atom. The van der Waals surface area contributed by atoms with E-state index < -0.39 is 0 Å². The third-order valence-corrected chi connectivity index (χ3v) is 5.79. The second kappa shape index (κ2) is 8.32. The lowest BCUT2D eigenvalue weighted by atomic mass is 9.99. The van der Waals surface area contributed by atoms with Crippen molar-refractivity contribution in [2.75, 3.05) is 6.54 Å². The molecule has 1 amide bonds. The Kier molecular flexibility index (Phi) is 5.61. The van der Waals surface area contributed by atoms with Crippen molar-refractivity contribution in [3.8, 4) is 11.1 Å². The van der Waals surface area contributed by atoms with Gasteiger partial charge in [-0.15, -0.1) is 0 Å². The molecular formula is C24H20Cl2N2O. The number of carbonyl (C=O) groups is 1. The fourth-order valence-electron chi connectivity index (χ4n) is 3.52. The number of benzene rings is 3. The highest BCUT2D eigenvalue weighted by Crippen LogP contribution is 2.29. The van der Waals surface area contributed by atoms with Gasteiger partial charge in [-0.05, 0) is 59.9 Å². The first-order chi connectivity index (χ1) is 14.0. The molecule has 0 saturated carbocycles. The highest BCUT2D eigenvalue weighted by atomic mass is 35.5. The average molecular weight is 423 g/mol. The normalized spacial score (nSPS) is 11.0. The third-order valence-electron chi connectivity index (χ3n) is 5.07. The molecule has 0 aliphatic rings. The Hall–Kier alpha value is -2.75. The molecule has 1 aromatic heterocycles. The van der Waals surface area contributed by atoms with Gasteiger partial charge in [-0.2, -0.15) is 0 Å². The molecule has 0 aliphatic heterocycles. The summed E-state index contributed by atoms with van der Waals surface area (Å²) in [6.45, 7) is 2.60. The molecule has 0 spiro atoms. The molecule has 0 unspecified atom stereocenters. The topological polar surface area (TPSA) is 44.9 Å². The number of fused-ring (bicyclic) bond motifs is 1. The van der Waals surface area contributed by atoms with Gasteiger partial charge >= 0.3 is 0 Å². The van der Waals surface area contributed by atoms with E-state index in [1.165, 1.54) is 5.56 Å². The number of aromatic nitrogens is 1. The summed E-state index contributed by atoms with van der Waals surface area (Å²) in [5, 5.41) is 5.08. The molecule has 0 aliphatic carbocycles. The van der Waals surface area contributed by atoms with Gasteiger partial charge in [0.05, 0.1) is 10.0 Å². The summed E-state index contributed by atoms with van der Waals surface area (Å²) >= 11 is 12.2. The molecule has 0 atom stereocenters. The average Bonchev–Trinajstić information content (AvgIpc) is 3.10. The first-order valence-electron chi connectivity index (χ1n) is 9.42. The van der Waals surface area contributed by atoms with Gasteiger partial charge in [0.2, 0.25) is 0 Å². The van der Waals surface area contributed by atoms with E-state index in [9.17, 15) is 4.79 Å². The number of H-pyrrole nitrogens is 1. The zero-order chi connectivity index (χ0) is 20.4. The minimum Gasteiger partial charge on any atom is -0.361 e. The van der Waals surface area contributed by atoms with Crippen LogP contribution in [-0.4, -0.2) is 17.4 Å². The lowest BCUT2D eigenvalue weighted by Gasteiger charge is -2.09. The third kappa shape index (κ3) is 4.16. The molecule has 29 heavy (non-hydrogen) atoms. The van der Waals surface area contributed by atoms with Crippen LogP contribution in [0, 0.1) is 6.92 Å². The fourth-order valence-corrected chi connectivity index (χ4v) is 3.85. The van der Waals surface area contributed by atoms with E-state index in [1.54, 1.807) is 0 Å². The Morgan fingerprint density at radius 1 is 1.00 bits per heavy atom. The maximum Gasteiger partial charge on any atom is 0.251 e. The predicted molar refractivity (Wildman–Crippen MR) is 121 cm³/mol. The summed E-state index contributed by atoms with van der Waals surface area (Å²) in [6.07, 6.45) is 2.63. The maximum absolute atomic E-state index is 12.6. The smallest absolute Gasteiger partial charge is 0.251 e.